The standard InChI is InChI=1S/C13H16O3/c14-8-9-2-1-3-11(6-9)12(7-13(15)16)10-4-5-10/h1-3,6,10,12,14H,4-5,7-8H2,(H,15,16)/t12-/m0/s1. The van der Waals surface area contributed by atoms with Crippen molar-refractivity contribution in [2.24, 2.45) is 5.92 Å². The average molecular weight is 220 g/mol. The van der Waals surface area contributed by atoms with Gasteiger partial charge in [-0.3, -0.25) is 4.79 Å². The predicted molar refractivity (Wildman–Crippen MR) is 60.1 cm³/mol. The first-order valence-electron chi connectivity index (χ1n) is 5.62. The SMILES string of the molecule is O=C(O)C[C@H](c1cccc(CO)c1)C1CC1. The van der Waals surface area contributed by atoms with Crippen LogP contribution in [0.4, 0.5) is 0 Å². The molecule has 86 valence electrons. The maximum absolute atomic E-state index is 10.8. The summed E-state index contributed by atoms with van der Waals surface area (Å²) >= 11 is 0. The fraction of sp³-hybridized carbons (Fsp3) is 0.462. The molecule has 0 spiro atoms. The molecular weight excluding hydrogens is 204 g/mol. The molecule has 1 fully saturated rings. The van der Waals surface area contributed by atoms with Crippen LogP contribution >= 0.6 is 0 Å². The zero-order valence-corrected chi connectivity index (χ0v) is 9.10. The van der Waals surface area contributed by atoms with Crippen LogP contribution < -0.4 is 0 Å². The first-order valence-corrected chi connectivity index (χ1v) is 5.62. The molecule has 2 N–H and O–H groups in total. The highest BCUT2D eigenvalue weighted by molar-refractivity contribution is 5.68. The van der Waals surface area contributed by atoms with Crippen molar-refractivity contribution in [2.45, 2.75) is 31.8 Å². The molecule has 0 unspecified atom stereocenters. The summed E-state index contributed by atoms with van der Waals surface area (Å²) in [5, 5.41) is 18.0. The van der Waals surface area contributed by atoms with Gasteiger partial charge in [-0.15, -0.1) is 0 Å². The monoisotopic (exact) mass is 220 g/mol. The number of aliphatic hydroxyl groups excluding tert-OH is 1. The second-order valence-corrected chi connectivity index (χ2v) is 4.44. The van der Waals surface area contributed by atoms with Crippen LogP contribution in [-0.2, 0) is 11.4 Å². The maximum Gasteiger partial charge on any atom is 0.303 e. The molecule has 1 atom stereocenters. The molecule has 0 aliphatic heterocycles. The summed E-state index contributed by atoms with van der Waals surface area (Å²) in [5.74, 6) is -0.111. The van der Waals surface area contributed by atoms with Crippen molar-refractivity contribution in [1.29, 1.82) is 0 Å². The van der Waals surface area contributed by atoms with Crippen LogP contribution in [0.5, 0.6) is 0 Å². The summed E-state index contributed by atoms with van der Waals surface area (Å²) in [4.78, 5) is 10.8. The Morgan fingerprint density at radius 2 is 2.19 bits per heavy atom. The van der Waals surface area contributed by atoms with Crippen molar-refractivity contribution in [2.75, 3.05) is 0 Å². The summed E-state index contributed by atoms with van der Waals surface area (Å²) < 4.78 is 0. The molecule has 2 rings (SSSR count). The Labute approximate surface area is 94.7 Å². The third kappa shape index (κ3) is 2.61. The van der Waals surface area contributed by atoms with E-state index in [-0.39, 0.29) is 18.9 Å². The summed E-state index contributed by atoms with van der Waals surface area (Å²) in [6.45, 7) is 0.0122. The lowest BCUT2D eigenvalue weighted by atomic mass is 9.90. The number of aliphatic carboxylic acids is 1. The number of carboxylic acids is 1. The van der Waals surface area contributed by atoms with Crippen molar-refractivity contribution in [3.8, 4) is 0 Å². The predicted octanol–water partition coefficient (Wildman–Crippen LogP) is 2.15. The summed E-state index contributed by atoms with van der Waals surface area (Å²) in [6.07, 6.45) is 2.45. The van der Waals surface area contributed by atoms with E-state index in [1.54, 1.807) is 0 Å². The second-order valence-electron chi connectivity index (χ2n) is 4.44. The Morgan fingerprint density at radius 3 is 2.75 bits per heavy atom. The van der Waals surface area contributed by atoms with Crippen LogP contribution in [0.1, 0.15) is 36.3 Å². The van der Waals surface area contributed by atoms with Gasteiger partial charge in [-0.1, -0.05) is 24.3 Å². The van der Waals surface area contributed by atoms with Gasteiger partial charge in [-0.2, -0.15) is 0 Å². The Hall–Kier alpha value is -1.35. The zero-order valence-electron chi connectivity index (χ0n) is 9.10. The normalized spacial score (nSPS) is 17.1. The maximum atomic E-state index is 10.8. The van der Waals surface area contributed by atoms with Gasteiger partial charge in [0.2, 0.25) is 0 Å². The van der Waals surface area contributed by atoms with Crippen molar-refractivity contribution in [3.63, 3.8) is 0 Å². The number of aliphatic hydroxyl groups is 1. The third-order valence-electron chi connectivity index (χ3n) is 3.15. The minimum Gasteiger partial charge on any atom is -0.481 e. The zero-order chi connectivity index (χ0) is 11.5. The molecule has 3 heteroatoms. The van der Waals surface area contributed by atoms with Gasteiger partial charge in [0.15, 0.2) is 0 Å². The van der Waals surface area contributed by atoms with E-state index < -0.39 is 5.97 Å². The third-order valence-corrected chi connectivity index (χ3v) is 3.15. The molecule has 0 aromatic heterocycles. The molecule has 1 aromatic carbocycles. The van der Waals surface area contributed by atoms with Crippen molar-refractivity contribution in [1.82, 2.24) is 0 Å². The average Bonchev–Trinajstić information content (AvgIpc) is 3.09. The quantitative estimate of drug-likeness (QED) is 0.799. The second kappa shape index (κ2) is 4.66. The molecule has 1 aliphatic rings. The van der Waals surface area contributed by atoms with E-state index in [4.69, 9.17) is 10.2 Å². The molecule has 1 saturated carbocycles. The van der Waals surface area contributed by atoms with Gasteiger partial charge < -0.3 is 10.2 Å². The van der Waals surface area contributed by atoms with Crippen molar-refractivity contribution >= 4 is 5.97 Å². The number of rotatable bonds is 5. The van der Waals surface area contributed by atoms with Crippen LogP contribution in [0.15, 0.2) is 24.3 Å². The van der Waals surface area contributed by atoms with E-state index in [1.165, 1.54) is 0 Å². The first-order chi connectivity index (χ1) is 7.70. The van der Waals surface area contributed by atoms with Crippen LogP contribution in [0, 0.1) is 5.92 Å². The minimum atomic E-state index is -0.744. The number of hydrogen-bond donors (Lipinski definition) is 2. The van der Waals surface area contributed by atoms with Crippen LogP contribution in [0.25, 0.3) is 0 Å². The van der Waals surface area contributed by atoms with Gasteiger partial charge in [0.25, 0.3) is 0 Å². The van der Waals surface area contributed by atoms with Crippen molar-refractivity contribution in [3.05, 3.63) is 35.4 Å². The molecule has 1 aliphatic carbocycles. The number of benzene rings is 1. The van der Waals surface area contributed by atoms with Crippen LogP contribution in [-0.4, -0.2) is 16.2 Å². The largest absolute Gasteiger partial charge is 0.481 e. The van der Waals surface area contributed by atoms with E-state index in [2.05, 4.69) is 0 Å². The van der Waals surface area contributed by atoms with Gasteiger partial charge in [0.1, 0.15) is 0 Å². The molecule has 0 radical (unpaired) electrons. The Kier molecular flexibility index (Phi) is 3.25. The molecule has 0 amide bonds. The van der Waals surface area contributed by atoms with E-state index in [0.29, 0.717) is 5.92 Å². The highest BCUT2D eigenvalue weighted by atomic mass is 16.4. The minimum absolute atomic E-state index is 0.0122. The Balaban J connectivity index is 2.20. The van der Waals surface area contributed by atoms with Gasteiger partial charge >= 0.3 is 5.97 Å². The molecule has 0 heterocycles. The summed E-state index contributed by atoms with van der Waals surface area (Å²) in [6, 6.07) is 7.63. The molecule has 0 saturated heterocycles. The molecule has 3 nitrogen and oxygen atoms in total. The highest BCUT2D eigenvalue weighted by Crippen LogP contribution is 2.44. The first kappa shape index (κ1) is 11.1. The highest BCUT2D eigenvalue weighted by Gasteiger charge is 2.33. The molecule has 1 aromatic rings. The smallest absolute Gasteiger partial charge is 0.303 e. The van der Waals surface area contributed by atoms with Gasteiger partial charge in [-0.25, -0.2) is 0 Å². The van der Waals surface area contributed by atoms with Gasteiger partial charge in [-0.05, 0) is 35.8 Å². The van der Waals surface area contributed by atoms with Crippen molar-refractivity contribution < 1.29 is 15.0 Å². The van der Waals surface area contributed by atoms with Gasteiger partial charge in [0, 0.05) is 0 Å². The Bertz CT molecular complexity index is 383. The summed E-state index contributed by atoms with van der Waals surface area (Å²) in [5.41, 5.74) is 1.91. The topological polar surface area (TPSA) is 57.5 Å². The molecule has 16 heavy (non-hydrogen) atoms. The molecule has 0 bridgehead atoms. The Morgan fingerprint density at radius 1 is 1.44 bits per heavy atom. The van der Waals surface area contributed by atoms with E-state index >= 15 is 0 Å². The lowest BCUT2D eigenvalue weighted by molar-refractivity contribution is -0.137. The van der Waals surface area contributed by atoms with Crippen LogP contribution in [0.3, 0.4) is 0 Å². The molecular formula is C13H16O3. The lowest BCUT2D eigenvalue weighted by Crippen LogP contribution is -2.08. The van der Waals surface area contributed by atoms with E-state index in [9.17, 15) is 4.79 Å². The number of hydrogen-bond acceptors (Lipinski definition) is 2. The fourth-order valence-corrected chi connectivity index (χ4v) is 2.17. The summed E-state index contributed by atoms with van der Waals surface area (Å²) in [7, 11) is 0. The van der Waals surface area contributed by atoms with E-state index in [0.717, 1.165) is 24.0 Å². The van der Waals surface area contributed by atoms with Gasteiger partial charge in [0.05, 0.1) is 13.0 Å². The lowest BCUT2D eigenvalue weighted by Gasteiger charge is -2.15. The number of carbonyl (C=O) groups is 1. The van der Waals surface area contributed by atoms with Crippen LogP contribution in [0.2, 0.25) is 0 Å². The number of carboxylic acid groups (broad SMARTS) is 1. The van der Waals surface area contributed by atoms with E-state index in [1.807, 2.05) is 24.3 Å². The fourth-order valence-electron chi connectivity index (χ4n) is 2.17.